The Balaban J connectivity index is 1.66. The van der Waals surface area contributed by atoms with E-state index in [2.05, 4.69) is 18.3 Å². The molecular weight excluding hydrogens is 318 g/mol. The lowest BCUT2D eigenvalue weighted by Crippen LogP contribution is -2.17. The normalized spacial score (nSPS) is 12.3. The summed E-state index contributed by atoms with van der Waals surface area (Å²) in [6, 6.07) is 16.0. The molecular formula is C20H23NO4. The fourth-order valence-electron chi connectivity index (χ4n) is 2.72. The number of rotatable bonds is 8. The van der Waals surface area contributed by atoms with E-state index in [1.807, 2.05) is 42.5 Å². The van der Waals surface area contributed by atoms with Crippen molar-refractivity contribution in [3.05, 3.63) is 59.9 Å². The first-order valence-corrected chi connectivity index (χ1v) is 8.33. The summed E-state index contributed by atoms with van der Waals surface area (Å²) in [4.78, 5) is 0. The maximum absolute atomic E-state index is 8.88. The van der Waals surface area contributed by atoms with Gasteiger partial charge in [0.05, 0.1) is 20.3 Å². The molecule has 1 aromatic heterocycles. The van der Waals surface area contributed by atoms with Crippen molar-refractivity contribution >= 4 is 11.0 Å². The molecule has 0 aliphatic carbocycles. The van der Waals surface area contributed by atoms with Crippen LogP contribution in [0.3, 0.4) is 0 Å². The van der Waals surface area contributed by atoms with Crippen LogP contribution in [0.5, 0.6) is 11.5 Å². The summed E-state index contributed by atoms with van der Waals surface area (Å²) in [6.45, 7) is 2.95. The first kappa shape index (κ1) is 17.3. The van der Waals surface area contributed by atoms with E-state index in [1.54, 1.807) is 7.11 Å². The van der Waals surface area contributed by atoms with Gasteiger partial charge < -0.3 is 24.3 Å². The zero-order chi connectivity index (χ0) is 17.6. The minimum atomic E-state index is -0.0274. The quantitative estimate of drug-likeness (QED) is 0.655. The molecule has 1 unspecified atom stereocenters. The Labute approximate surface area is 147 Å². The average Bonchev–Trinajstić information content (AvgIpc) is 3.07. The van der Waals surface area contributed by atoms with Crippen molar-refractivity contribution in [3.63, 3.8) is 0 Å². The van der Waals surface area contributed by atoms with E-state index < -0.39 is 0 Å². The summed E-state index contributed by atoms with van der Waals surface area (Å²) in [5.41, 5.74) is 1.99. The first-order chi connectivity index (χ1) is 12.2. The van der Waals surface area contributed by atoms with Gasteiger partial charge in [0.25, 0.3) is 0 Å². The Bertz CT molecular complexity index is 794. The largest absolute Gasteiger partial charge is 0.493 e. The molecule has 3 rings (SSSR count). The fourth-order valence-corrected chi connectivity index (χ4v) is 2.72. The van der Waals surface area contributed by atoms with Gasteiger partial charge in [0, 0.05) is 11.4 Å². The molecule has 0 saturated carbocycles. The molecule has 3 aromatic rings. The van der Waals surface area contributed by atoms with Gasteiger partial charge in [-0.25, -0.2) is 0 Å². The summed E-state index contributed by atoms with van der Waals surface area (Å²) in [5, 5.41) is 13.5. The van der Waals surface area contributed by atoms with Crippen molar-refractivity contribution in [1.29, 1.82) is 0 Å². The van der Waals surface area contributed by atoms with Crippen LogP contribution in [0.15, 0.2) is 52.9 Å². The van der Waals surface area contributed by atoms with E-state index in [1.165, 1.54) is 0 Å². The molecule has 5 nitrogen and oxygen atoms in total. The Morgan fingerprint density at radius 2 is 1.96 bits per heavy atom. The molecule has 5 heteroatoms. The number of methoxy groups -OCH3 is 1. The highest BCUT2D eigenvalue weighted by Gasteiger charge is 2.11. The van der Waals surface area contributed by atoms with Crippen molar-refractivity contribution in [2.45, 2.75) is 19.5 Å². The van der Waals surface area contributed by atoms with Crippen molar-refractivity contribution in [3.8, 4) is 11.5 Å². The third-order valence-corrected chi connectivity index (χ3v) is 4.10. The summed E-state index contributed by atoms with van der Waals surface area (Å²) < 4.78 is 16.7. The van der Waals surface area contributed by atoms with Crippen LogP contribution in [0.25, 0.3) is 11.0 Å². The van der Waals surface area contributed by atoms with E-state index >= 15 is 0 Å². The molecule has 25 heavy (non-hydrogen) atoms. The van der Waals surface area contributed by atoms with Gasteiger partial charge in [-0.05, 0) is 36.8 Å². The van der Waals surface area contributed by atoms with Crippen LogP contribution >= 0.6 is 0 Å². The highest BCUT2D eigenvalue weighted by atomic mass is 16.5. The zero-order valence-electron chi connectivity index (χ0n) is 14.5. The third-order valence-electron chi connectivity index (χ3n) is 4.10. The summed E-state index contributed by atoms with van der Waals surface area (Å²) >= 11 is 0. The predicted molar refractivity (Wildman–Crippen MR) is 97.0 cm³/mol. The molecule has 132 valence electrons. The maximum Gasteiger partial charge on any atom is 0.161 e. The third kappa shape index (κ3) is 4.13. The highest BCUT2D eigenvalue weighted by Crippen LogP contribution is 2.30. The topological polar surface area (TPSA) is 63.9 Å². The van der Waals surface area contributed by atoms with E-state index in [-0.39, 0.29) is 19.3 Å². The maximum atomic E-state index is 8.88. The predicted octanol–water partition coefficient (Wildman–Crippen LogP) is 3.66. The molecule has 0 amide bonds. The Kier molecular flexibility index (Phi) is 5.58. The number of hydrogen-bond donors (Lipinski definition) is 2. The lowest BCUT2D eigenvalue weighted by atomic mass is 10.1. The number of furan rings is 1. The number of ether oxygens (including phenoxy) is 2. The highest BCUT2D eigenvalue weighted by molar-refractivity contribution is 5.77. The van der Waals surface area contributed by atoms with E-state index in [9.17, 15) is 0 Å². The van der Waals surface area contributed by atoms with Crippen LogP contribution in [0, 0.1) is 0 Å². The minimum absolute atomic E-state index is 0.0274. The van der Waals surface area contributed by atoms with Gasteiger partial charge in [-0.15, -0.1) is 0 Å². The Morgan fingerprint density at radius 1 is 1.12 bits per heavy atom. The molecule has 0 aliphatic rings. The monoisotopic (exact) mass is 341 g/mol. The molecule has 0 saturated heterocycles. The molecule has 2 N–H and O–H groups in total. The van der Waals surface area contributed by atoms with Crippen molar-refractivity contribution in [2.75, 3.05) is 20.3 Å². The van der Waals surface area contributed by atoms with Crippen molar-refractivity contribution in [1.82, 2.24) is 5.32 Å². The number of aliphatic hydroxyl groups is 1. The van der Waals surface area contributed by atoms with Crippen LogP contribution < -0.4 is 14.8 Å². The summed E-state index contributed by atoms with van der Waals surface area (Å²) in [6.07, 6.45) is 0. The van der Waals surface area contributed by atoms with E-state index in [4.69, 9.17) is 19.0 Å². The van der Waals surface area contributed by atoms with Crippen LogP contribution in [-0.2, 0) is 6.54 Å². The number of benzene rings is 2. The number of aliphatic hydroxyl groups excluding tert-OH is 1. The smallest absolute Gasteiger partial charge is 0.161 e. The van der Waals surface area contributed by atoms with Crippen molar-refractivity contribution < 1.29 is 19.0 Å². The average molecular weight is 341 g/mol. The second-order valence-electron chi connectivity index (χ2n) is 5.84. The molecule has 2 aromatic carbocycles. The Hall–Kier alpha value is -2.50. The second-order valence-corrected chi connectivity index (χ2v) is 5.84. The minimum Gasteiger partial charge on any atom is -0.493 e. The van der Waals surface area contributed by atoms with Gasteiger partial charge in [-0.2, -0.15) is 0 Å². The molecule has 1 atom stereocenters. The van der Waals surface area contributed by atoms with Crippen LogP contribution in [0.2, 0.25) is 0 Å². The van der Waals surface area contributed by atoms with Crippen LogP contribution in [0.1, 0.15) is 24.3 Å². The zero-order valence-corrected chi connectivity index (χ0v) is 14.5. The number of para-hydroxylation sites is 1. The van der Waals surface area contributed by atoms with E-state index in [0.717, 1.165) is 22.3 Å². The number of nitrogens with one attached hydrogen (secondary N) is 1. The second kappa shape index (κ2) is 8.05. The summed E-state index contributed by atoms with van der Waals surface area (Å²) in [7, 11) is 1.61. The van der Waals surface area contributed by atoms with Crippen molar-refractivity contribution in [2.24, 2.45) is 0 Å². The van der Waals surface area contributed by atoms with Crippen LogP contribution in [-0.4, -0.2) is 25.4 Å². The lowest BCUT2D eigenvalue weighted by Gasteiger charge is -2.16. The van der Waals surface area contributed by atoms with Gasteiger partial charge in [0.1, 0.15) is 18.0 Å². The van der Waals surface area contributed by atoms with Gasteiger partial charge in [0.15, 0.2) is 11.5 Å². The SMILES string of the molecule is COc1cc(C(C)NCc2cc3ccccc3o2)ccc1OCCO. The molecule has 1 heterocycles. The summed E-state index contributed by atoms with van der Waals surface area (Å²) in [5.74, 6) is 2.19. The molecule has 0 bridgehead atoms. The molecule has 0 radical (unpaired) electrons. The Morgan fingerprint density at radius 3 is 2.72 bits per heavy atom. The van der Waals surface area contributed by atoms with E-state index in [0.29, 0.717) is 18.0 Å². The van der Waals surface area contributed by atoms with Gasteiger partial charge >= 0.3 is 0 Å². The first-order valence-electron chi connectivity index (χ1n) is 8.33. The number of fused-ring (bicyclic) bond motifs is 1. The molecule has 0 spiro atoms. The molecule has 0 fully saturated rings. The number of hydrogen-bond acceptors (Lipinski definition) is 5. The fraction of sp³-hybridized carbons (Fsp3) is 0.300. The molecule has 0 aliphatic heterocycles. The van der Waals surface area contributed by atoms with Gasteiger partial charge in [0.2, 0.25) is 0 Å². The standard InChI is InChI=1S/C20H23NO4/c1-14(15-7-8-19(24-10-9-22)20(12-15)23-2)21-13-17-11-16-5-3-4-6-18(16)25-17/h3-8,11-12,14,21-22H,9-10,13H2,1-2H3. The van der Waals surface area contributed by atoms with Crippen LogP contribution in [0.4, 0.5) is 0 Å². The van der Waals surface area contributed by atoms with Gasteiger partial charge in [-0.1, -0.05) is 24.3 Å². The van der Waals surface area contributed by atoms with Gasteiger partial charge in [-0.3, -0.25) is 0 Å². The lowest BCUT2D eigenvalue weighted by molar-refractivity contribution is 0.196.